The Morgan fingerprint density at radius 3 is 2.13 bits per heavy atom. The number of β-lactam (4-membered cyclic amide) rings is 1. The standard InChI is InChI=1S/C31H29N3O11/c32-23(29(38)39)14-15-43-21-10-8-20(9-11-21)26(35)27(36)33-24-16-34(28(24)37)25(30(40)41)19-6-12-22(13-7-19)45-31(42)44-17-18-4-2-1-3-5-18/h1-13,23-25H,14-17,32H2,(H,33,36)(H,38,39)(H,40,41). The number of hydrogen-bond donors (Lipinski definition) is 4. The van der Waals surface area contributed by atoms with Crippen LogP contribution in [0.5, 0.6) is 11.5 Å². The fourth-order valence-electron chi connectivity index (χ4n) is 4.29. The molecule has 1 saturated heterocycles. The van der Waals surface area contributed by atoms with Gasteiger partial charge in [0.25, 0.3) is 5.91 Å². The minimum Gasteiger partial charge on any atom is -0.494 e. The molecule has 1 aliphatic heterocycles. The molecule has 1 fully saturated rings. The average molecular weight is 620 g/mol. The van der Waals surface area contributed by atoms with Crippen LogP contribution in [0.25, 0.3) is 0 Å². The summed E-state index contributed by atoms with van der Waals surface area (Å²) >= 11 is 0. The van der Waals surface area contributed by atoms with Crippen LogP contribution in [0.2, 0.25) is 0 Å². The second-order valence-electron chi connectivity index (χ2n) is 9.89. The van der Waals surface area contributed by atoms with E-state index in [1.165, 1.54) is 48.5 Å². The normalized spacial score (nSPS) is 15.2. The van der Waals surface area contributed by atoms with E-state index in [1.54, 1.807) is 24.3 Å². The molecule has 1 heterocycles. The molecular weight excluding hydrogens is 590 g/mol. The summed E-state index contributed by atoms with van der Waals surface area (Å²) in [6.07, 6.45) is -0.880. The number of nitrogens with one attached hydrogen (secondary N) is 1. The molecule has 0 radical (unpaired) electrons. The fraction of sp³-hybridized carbons (Fsp3) is 0.226. The Hall–Kier alpha value is -5.76. The van der Waals surface area contributed by atoms with Crippen LogP contribution < -0.4 is 20.5 Å². The number of carboxylic acids is 2. The van der Waals surface area contributed by atoms with Gasteiger partial charge < -0.3 is 40.4 Å². The van der Waals surface area contributed by atoms with Crippen LogP contribution in [-0.4, -0.2) is 76.0 Å². The second kappa shape index (κ2) is 14.6. The van der Waals surface area contributed by atoms with Crippen molar-refractivity contribution in [2.75, 3.05) is 13.2 Å². The van der Waals surface area contributed by atoms with Crippen molar-refractivity contribution in [3.63, 3.8) is 0 Å². The molecule has 2 amide bonds. The number of nitrogens with zero attached hydrogens (tertiary/aromatic N) is 1. The van der Waals surface area contributed by atoms with Crippen LogP contribution >= 0.6 is 0 Å². The minimum atomic E-state index is -1.39. The number of rotatable bonds is 14. The molecule has 3 unspecified atom stereocenters. The highest BCUT2D eigenvalue weighted by Gasteiger charge is 2.45. The molecular formula is C31H29N3O11. The molecule has 3 aromatic rings. The SMILES string of the molecule is NC(CCOc1ccc(C(=O)C(=O)NC2CN(C(C(=O)O)c3ccc(OC(=O)OCc4ccccc4)cc3)C2=O)cc1)C(=O)O. The lowest BCUT2D eigenvalue weighted by molar-refractivity contribution is -0.160. The van der Waals surface area contributed by atoms with Crippen molar-refractivity contribution in [1.29, 1.82) is 0 Å². The maximum Gasteiger partial charge on any atom is 0.514 e. The van der Waals surface area contributed by atoms with Gasteiger partial charge >= 0.3 is 18.1 Å². The predicted molar refractivity (Wildman–Crippen MR) is 154 cm³/mol. The van der Waals surface area contributed by atoms with E-state index in [9.17, 15) is 33.9 Å². The monoisotopic (exact) mass is 619 g/mol. The van der Waals surface area contributed by atoms with Gasteiger partial charge in [0.2, 0.25) is 11.7 Å². The molecule has 4 rings (SSSR count). The number of amides is 2. The van der Waals surface area contributed by atoms with Crippen molar-refractivity contribution >= 4 is 35.7 Å². The summed E-state index contributed by atoms with van der Waals surface area (Å²) in [5.41, 5.74) is 6.41. The largest absolute Gasteiger partial charge is 0.514 e. The van der Waals surface area contributed by atoms with Gasteiger partial charge in [-0.25, -0.2) is 9.59 Å². The molecule has 14 nitrogen and oxygen atoms in total. The van der Waals surface area contributed by atoms with Crippen LogP contribution in [0.3, 0.4) is 0 Å². The first kappa shape index (κ1) is 32.2. The van der Waals surface area contributed by atoms with Crippen LogP contribution in [0.15, 0.2) is 78.9 Å². The molecule has 0 saturated carbocycles. The molecule has 14 heteroatoms. The molecule has 0 aliphatic carbocycles. The molecule has 0 aromatic heterocycles. The zero-order chi connectivity index (χ0) is 32.5. The fourth-order valence-corrected chi connectivity index (χ4v) is 4.29. The highest BCUT2D eigenvalue weighted by atomic mass is 16.7. The number of ether oxygens (including phenoxy) is 3. The highest BCUT2D eigenvalue weighted by Crippen LogP contribution is 2.29. The Bertz CT molecular complexity index is 1560. The maximum absolute atomic E-state index is 12.8. The third kappa shape index (κ3) is 8.42. The molecule has 5 N–H and O–H groups in total. The lowest BCUT2D eigenvalue weighted by Crippen LogP contribution is -2.66. The maximum atomic E-state index is 12.8. The number of hydrogen-bond acceptors (Lipinski definition) is 10. The number of Topliss-reactive ketones (excluding diaryl/α,β-unsaturated/α-hetero) is 1. The first-order valence-corrected chi connectivity index (χ1v) is 13.6. The summed E-state index contributed by atoms with van der Waals surface area (Å²) in [7, 11) is 0. The van der Waals surface area contributed by atoms with Gasteiger partial charge in [-0.1, -0.05) is 42.5 Å². The van der Waals surface area contributed by atoms with Gasteiger partial charge in [-0.05, 0) is 47.5 Å². The van der Waals surface area contributed by atoms with E-state index < -0.39 is 53.8 Å². The quantitative estimate of drug-likeness (QED) is 0.0670. The van der Waals surface area contributed by atoms with Gasteiger partial charge in [0.15, 0.2) is 6.04 Å². The molecule has 0 bridgehead atoms. The van der Waals surface area contributed by atoms with Crippen LogP contribution in [0, 0.1) is 0 Å². The molecule has 3 aromatic carbocycles. The van der Waals surface area contributed by atoms with Crippen molar-refractivity contribution in [3.8, 4) is 11.5 Å². The molecule has 3 atom stereocenters. The van der Waals surface area contributed by atoms with E-state index in [0.717, 1.165) is 10.5 Å². The number of nitrogens with two attached hydrogens (primary N) is 1. The third-order valence-corrected chi connectivity index (χ3v) is 6.75. The zero-order valence-corrected chi connectivity index (χ0v) is 23.7. The molecule has 234 valence electrons. The van der Waals surface area contributed by atoms with E-state index in [1.807, 2.05) is 6.07 Å². The molecule has 45 heavy (non-hydrogen) atoms. The average Bonchev–Trinajstić information content (AvgIpc) is 3.03. The lowest BCUT2D eigenvalue weighted by atomic mass is 9.98. The summed E-state index contributed by atoms with van der Waals surface area (Å²) in [5.74, 6) is -4.73. The number of likely N-dealkylation sites (tertiary alicyclic amines) is 1. The first-order valence-electron chi connectivity index (χ1n) is 13.6. The lowest BCUT2D eigenvalue weighted by Gasteiger charge is -2.42. The van der Waals surface area contributed by atoms with Crippen molar-refractivity contribution in [2.24, 2.45) is 5.73 Å². The predicted octanol–water partition coefficient (Wildman–Crippen LogP) is 1.92. The van der Waals surface area contributed by atoms with E-state index in [2.05, 4.69) is 5.32 Å². The summed E-state index contributed by atoms with van der Waals surface area (Å²) in [4.78, 5) is 73.8. The smallest absolute Gasteiger partial charge is 0.494 e. The number of benzene rings is 3. The van der Waals surface area contributed by atoms with E-state index in [4.69, 9.17) is 25.1 Å². The van der Waals surface area contributed by atoms with Crippen molar-refractivity contribution in [2.45, 2.75) is 31.2 Å². The minimum absolute atomic E-state index is 0.00792. The highest BCUT2D eigenvalue weighted by molar-refractivity contribution is 6.43. The Morgan fingerprint density at radius 1 is 0.889 bits per heavy atom. The topological polar surface area (TPSA) is 212 Å². The number of carbonyl (C=O) groups excluding carboxylic acids is 4. The van der Waals surface area contributed by atoms with Gasteiger partial charge in [0, 0.05) is 12.0 Å². The van der Waals surface area contributed by atoms with Gasteiger partial charge in [-0.2, -0.15) is 0 Å². The first-order chi connectivity index (χ1) is 21.5. The Balaban J connectivity index is 1.27. The van der Waals surface area contributed by atoms with Crippen LogP contribution in [0.4, 0.5) is 4.79 Å². The van der Waals surface area contributed by atoms with E-state index in [-0.39, 0.29) is 43.1 Å². The Kier molecular flexibility index (Phi) is 10.4. The van der Waals surface area contributed by atoms with Gasteiger partial charge in [-0.15, -0.1) is 0 Å². The Morgan fingerprint density at radius 2 is 1.53 bits per heavy atom. The van der Waals surface area contributed by atoms with Crippen molar-refractivity contribution in [3.05, 3.63) is 95.6 Å². The zero-order valence-electron chi connectivity index (χ0n) is 23.7. The number of carbonyl (C=O) groups is 6. The van der Waals surface area contributed by atoms with E-state index in [0.29, 0.717) is 5.75 Å². The van der Waals surface area contributed by atoms with Crippen molar-refractivity contribution in [1.82, 2.24) is 10.2 Å². The van der Waals surface area contributed by atoms with Crippen LogP contribution in [0.1, 0.15) is 33.9 Å². The van der Waals surface area contributed by atoms with Gasteiger partial charge in [-0.3, -0.25) is 19.2 Å². The van der Waals surface area contributed by atoms with Gasteiger partial charge in [0.1, 0.15) is 30.2 Å². The summed E-state index contributed by atoms with van der Waals surface area (Å²) in [6.45, 7) is -0.126. The summed E-state index contributed by atoms with van der Waals surface area (Å²) in [5, 5.41) is 20.9. The van der Waals surface area contributed by atoms with Crippen LogP contribution in [-0.2, 0) is 30.5 Å². The second-order valence-corrected chi connectivity index (χ2v) is 9.89. The summed E-state index contributed by atoms with van der Waals surface area (Å²) < 4.78 is 15.6. The Labute approximate surface area is 256 Å². The third-order valence-electron chi connectivity index (χ3n) is 6.75. The van der Waals surface area contributed by atoms with E-state index >= 15 is 0 Å². The van der Waals surface area contributed by atoms with Gasteiger partial charge in [0.05, 0.1) is 13.2 Å². The summed E-state index contributed by atoms with van der Waals surface area (Å²) in [6, 6.07) is 16.4. The molecule has 1 aliphatic rings. The number of carboxylic acid groups (broad SMARTS) is 2. The number of ketones is 1. The molecule has 0 spiro atoms. The van der Waals surface area contributed by atoms with Crippen molar-refractivity contribution < 1.29 is 53.2 Å². The number of aliphatic carboxylic acids is 2.